The molecule has 4 rings (SSSR count). The van der Waals surface area contributed by atoms with Gasteiger partial charge in [0.15, 0.2) is 0 Å². The molecule has 0 unspecified atom stereocenters. The maximum atomic E-state index is 12.5. The van der Waals surface area contributed by atoms with Crippen molar-refractivity contribution in [1.29, 1.82) is 0 Å². The smallest absolute Gasteiger partial charge is 0.261 e. The number of nitrogens with zero attached hydrogens (tertiary/aromatic N) is 1. The first kappa shape index (κ1) is 19.8. The standard InChI is InChI=1S/C27H25NO2/c1-19-8-5-12-23(20(19)2)16-15-22-10-6-9-21(18-22)11-7-17-28-26(29)24-13-3-4-14-25(24)27(28)30/h3-6,8-10,12-16,18H,7,11,17H2,1-2H3/b16-15-. The molecule has 0 spiro atoms. The predicted octanol–water partition coefficient (Wildman–Crippen LogP) is 5.70. The van der Waals surface area contributed by atoms with E-state index in [1.54, 1.807) is 24.3 Å². The van der Waals surface area contributed by atoms with E-state index >= 15 is 0 Å². The van der Waals surface area contributed by atoms with Gasteiger partial charge in [-0.2, -0.15) is 0 Å². The van der Waals surface area contributed by atoms with Gasteiger partial charge in [-0.25, -0.2) is 0 Å². The maximum Gasteiger partial charge on any atom is 0.261 e. The molecule has 0 fully saturated rings. The number of fused-ring (bicyclic) bond motifs is 1. The predicted molar refractivity (Wildman–Crippen MR) is 121 cm³/mol. The first-order valence-corrected chi connectivity index (χ1v) is 10.3. The third-order valence-electron chi connectivity index (χ3n) is 5.78. The Balaban J connectivity index is 1.39. The molecule has 3 aromatic rings. The molecule has 0 aliphatic carbocycles. The molecule has 0 radical (unpaired) electrons. The van der Waals surface area contributed by atoms with E-state index in [-0.39, 0.29) is 11.8 Å². The van der Waals surface area contributed by atoms with Crippen LogP contribution in [0.5, 0.6) is 0 Å². The van der Waals surface area contributed by atoms with Crippen molar-refractivity contribution in [3.8, 4) is 0 Å². The van der Waals surface area contributed by atoms with Crippen molar-refractivity contribution in [2.75, 3.05) is 6.54 Å². The van der Waals surface area contributed by atoms with E-state index in [0.717, 1.165) is 18.4 Å². The molecule has 0 aromatic heterocycles. The van der Waals surface area contributed by atoms with Gasteiger partial charge in [-0.15, -0.1) is 0 Å². The largest absolute Gasteiger partial charge is 0.274 e. The van der Waals surface area contributed by atoms with Gasteiger partial charge in [0.2, 0.25) is 0 Å². The summed E-state index contributed by atoms with van der Waals surface area (Å²) in [4.78, 5) is 26.3. The molecule has 3 aromatic carbocycles. The van der Waals surface area contributed by atoms with Gasteiger partial charge in [0.25, 0.3) is 11.8 Å². The topological polar surface area (TPSA) is 37.4 Å². The number of carbonyl (C=O) groups is 2. The molecule has 0 atom stereocenters. The molecule has 1 aliphatic heterocycles. The number of rotatable bonds is 6. The van der Waals surface area contributed by atoms with Gasteiger partial charge >= 0.3 is 0 Å². The molecule has 3 heteroatoms. The van der Waals surface area contributed by atoms with Crippen molar-refractivity contribution < 1.29 is 9.59 Å². The zero-order valence-corrected chi connectivity index (χ0v) is 17.4. The van der Waals surface area contributed by atoms with Crippen LogP contribution in [-0.4, -0.2) is 23.3 Å². The second kappa shape index (κ2) is 8.50. The number of carbonyl (C=O) groups excluding carboxylic acids is 2. The summed E-state index contributed by atoms with van der Waals surface area (Å²) in [6.45, 7) is 4.71. The molecule has 0 bridgehead atoms. The minimum Gasteiger partial charge on any atom is -0.274 e. The Kier molecular flexibility index (Phi) is 5.62. The van der Waals surface area contributed by atoms with Gasteiger partial charge in [0.1, 0.15) is 0 Å². The molecule has 3 nitrogen and oxygen atoms in total. The van der Waals surface area contributed by atoms with Crippen molar-refractivity contribution in [3.05, 3.63) is 106 Å². The Hall–Kier alpha value is -3.46. The lowest BCUT2D eigenvalue weighted by Gasteiger charge is -2.13. The number of aryl methyl sites for hydroxylation is 2. The Morgan fingerprint density at radius 2 is 1.50 bits per heavy atom. The van der Waals surface area contributed by atoms with Crippen molar-refractivity contribution >= 4 is 24.0 Å². The normalized spacial score (nSPS) is 13.3. The molecule has 0 N–H and O–H groups in total. The van der Waals surface area contributed by atoms with Gasteiger partial charge in [0.05, 0.1) is 11.1 Å². The van der Waals surface area contributed by atoms with E-state index in [0.29, 0.717) is 17.7 Å². The van der Waals surface area contributed by atoms with E-state index in [2.05, 4.69) is 68.5 Å². The summed E-state index contributed by atoms with van der Waals surface area (Å²) < 4.78 is 0. The summed E-state index contributed by atoms with van der Waals surface area (Å²) in [6.07, 6.45) is 5.85. The van der Waals surface area contributed by atoms with Crippen molar-refractivity contribution in [3.63, 3.8) is 0 Å². The van der Waals surface area contributed by atoms with E-state index in [4.69, 9.17) is 0 Å². The minimum atomic E-state index is -0.180. The van der Waals surface area contributed by atoms with Crippen LogP contribution < -0.4 is 0 Å². The third kappa shape index (κ3) is 3.97. The first-order chi connectivity index (χ1) is 14.5. The zero-order valence-electron chi connectivity index (χ0n) is 17.4. The van der Waals surface area contributed by atoms with Gasteiger partial charge in [0, 0.05) is 6.54 Å². The lowest BCUT2D eigenvalue weighted by molar-refractivity contribution is 0.0652. The number of hydrogen-bond acceptors (Lipinski definition) is 2. The molecular weight excluding hydrogens is 370 g/mol. The van der Waals surface area contributed by atoms with Crippen molar-refractivity contribution in [2.45, 2.75) is 26.7 Å². The monoisotopic (exact) mass is 395 g/mol. The highest BCUT2D eigenvalue weighted by atomic mass is 16.2. The Bertz CT molecular complexity index is 1110. The first-order valence-electron chi connectivity index (χ1n) is 10.3. The van der Waals surface area contributed by atoms with Gasteiger partial charge in [-0.3, -0.25) is 14.5 Å². The molecule has 150 valence electrons. The summed E-state index contributed by atoms with van der Waals surface area (Å²) in [5.41, 5.74) is 7.20. The van der Waals surface area contributed by atoms with Crippen LogP contribution in [0.4, 0.5) is 0 Å². The second-order valence-electron chi connectivity index (χ2n) is 7.78. The van der Waals surface area contributed by atoms with Crippen LogP contribution in [0.1, 0.15) is 55.0 Å². The number of amides is 2. The average molecular weight is 396 g/mol. The number of imide groups is 1. The van der Waals surface area contributed by atoms with Gasteiger partial charge < -0.3 is 0 Å². The fraction of sp³-hybridized carbons (Fsp3) is 0.185. The van der Waals surface area contributed by atoms with E-state index in [1.807, 2.05) is 0 Å². The fourth-order valence-corrected chi connectivity index (χ4v) is 3.88. The second-order valence-corrected chi connectivity index (χ2v) is 7.78. The summed E-state index contributed by atoms with van der Waals surface area (Å²) >= 11 is 0. The van der Waals surface area contributed by atoms with Crippen LogP contribution in [0.3, 0.4) is 0 Å². The van der Waals surface area contributed by atoms with Gasteiger partial charge in [-0.1, -0.05) is 66.7 Å². The minimum absolute atomic E-state index is 0.180. The summed E-state index contributed by atoms with van der Waals surface area (Å²) in [6, 6.07) is 21.8. The maximum absolute atomic E-state index is 12.5. The van der Waals surface area contributed by atoms with Crippen molar-refractivity contribution in [1.82, 2.24) is 4.90 Å². The molecule has 2 amide bonds. The highest BCUT2D eigenvalue weighted by Gasteiger charge is 2.34. The van der Waals surface area contributed by atoms with Crippen LogP contribution in [-0.2, 0) is 6.42 Å². The molecular formula is C27H25NO2. The molecule has 30 heavy (non-hydrogen) atoms. The van der Waals surface area contributed by atoms with E-state index < -0.39 is 0 Å². The Morgan fingerprint density at radius 3 is 2.23 bits per heavy atom. The van der Waals surface area contributed by atoms with Crippen molar-refractivity contribution in [2.24, 2.45) is 0 Å². The van der Waals surface area contributed by atoms with Crippen LogP contribution in [0, 0.1) is 13.8 Å². The molecule has 1 aliphatic rings. The SMILES string of the molecule is Cc1cccc(/C=C\c2cccc(CCCN3C(=O)c4ccccc4C3=O)c2)c1C. The van der Waals surface area contributed by atoms with Crippen LogP contribution in [0.25, 0.3) is 12.2 Å². The van der Waals surface area contributed by atoms with Gasteiger partial charge in [-0.05, 0) is 66.6 Å². The van der Waals surface area contributed by atoms with Crippen LogP contribution in [0.15, 0.2) is 66.7 Å². The highest BCUT2D eigenvalue weighted by Crippen LogP contribution is 2.23. The third-order valence-corrected chi connectivity index (χ3v) is 5.78. The van der Waals surface area contributed by atoms with Crippen LogP contribution in [0.2, 0.25) is 0 Å². The van der Waals surface area contributed by atoms with E-state index in [9.17, 15) is 9.59 Å². The fourth-order valence-electron chi connectivity index (χ4n) is 3.88. The molecule has 0 saturated heterocycles. The zero-order chi connectivity index (χ0) is 21.1. The summed E-state index contributed by atoms with van der Waals surface area (Å²) in [5.74, 6) is -0.360. The molecule has 1 heterocycles. The highest BCUT2D eigenvalue weighted by molar-refractivity contribution is 6.21. The number of benzene rings is 3. The lowest BCUT2D eigenvalue weighted by Crippen LogP contribution is -2.30. The Labute approximate surface area is 177 Å². The quantitative estimate of drug-likeness (QED) is 0.396. The summed E-state index contributed by atoms with van der Waals surface area (Å²) in [5, 5.41) is 0. The summed E-state index contributed by atoms with van der Waals surface area (Å²) in [7, 11) is 0. The van der Waals surface area contributed by atoms with E-state index in [1.165, 1.54) is 27.2 Å². The molecule has 0 saturated carbocycles. The Morgan fingerprint density at radius 1 is 0.800 bits per heavy atom. The lowest BCUT2D eigenvalue weighted by atomic mass is 10.0. The van der Waals surface area contributed by atoms with Crippen LogP contribution >= 0.6 is 0 Å². The number of hydrogen-bond donors (Lipinski definition) is 0. The average Bonchev–Trinajstić information content (AvgIpc) is 3.00.